The average Bonchev–Trinajstić information content (AvgIpc) is 2.95. The summed E-state index contributed by atoms with van der Waals surface area (Å²) in [5, 5.41) is 0. The van der Waals surface area contributed by atoms with Gasteiger partial charge in [-0.15, -0.1) is 0 Å². The van der Waals surface area contributed by atoms with Gasteiger partial charge in [-0.3, -0.25) is 0 Å². The lowest BCUT2D eigenvalue weighted by molar-refractivity contribution is -0.899. The molecule has 0 spiro atoms. The fourth-order valence-electron chi connectivity index (χ4n) is 9.31. The molecule has 176 valence electrons. The van der Waals surface area contributed by atoms with Gasteiger partial charge >= 0.3 is 0 Å². The number of hydrogen-bond donors (Lipinski definition) is 0. The molecule has 4 saturated carbocycles. The lowest BCUT2D eigenvalue weighted by atomic mass is 9.44. The van der Waals surface area contributed by atoms with Gasteiger partial charge in [0.15, 0.2) is 0 Å². The summed E-state index contributed by atoms with van der Waals surface area (Å²) in [6.07, 6.45) is 13.6. The van der Waals surface area contributed by atoms with Crippen LogP contribution in [-0.2, 0) is 0 Å². The van der Waals surface area contributed by atoms with E-state index in [4.69, 9.17) is 0 Å². The summed E-state index contributed by atoms with van der Waals surface area (Å²) in [6.45, 7) is 8.01. The van der Waals surface area contributed by atoms with Crippen molar-refractivity contribution < 1.29 is 32.9 Å². The summed E-state index contributed by atoms with van der Waals surface area (Å²) < 4.78 is 2.30. The molecule has 2 nitrogen and oxygen atoms in total. The van der Waals surface area contributed by atoms with Gasteiger partial charge in [0.05, 0.1) is 54.4 Å². The van der Waals surface area contributed by atoms with E-state index in [1.54, 1.807) is 6.42 Å². The quantitative estimate of drug-likeness (QED) is 0.388. The van der Waals surface area contributed by atoms with E-state index in [-0.39, 0.29) is 24.0 Å². The minimum atomic E-state index is 0. The number of halogens is 1. The van der Waals surface area contributed by atoms with E-state index in [1.165, 1.54) is 55.8 Å². The van der Waals surface area contributed by atoms with Crippen LogP contribution in [-0.4, -0.2) is 63.3 Å². The van der Waals surface area contributed by atoms with Gasteiger partial charge in [0, 0.05) is 12.3 Å². The Balaban J connectivity index is 0.00000256. The Bertz CT molecular complexity index is 619. The smallest absolute Gasteiger partial charge is 0.0889 e. The van der Waals surface area contributed by atoms with E-state index in [1.807, 2.05) is 0 Å². The van der Waals surface area contributed by atoms with Gasteiger partial charge in [0.2, 0.25) is 0 Å². The van der Waals surface area contributed by atoms with Crippen molar-refractivity contribution in [1.29, 1.82) is 0 Å². The molecule has 0 unspecified atom stereocenters. The third-order valence-corrected chi connectivity index (χ3v) is 11.6. The van der Waals surface area contributed by atoms with Crippen molar-refractivity contribution in [3.05, 3.63) is 0 Å². The van der Waals surface area contributed by atoms with Crippen LogP contribution in [0, 0.1) is 40.4 Å². The summed E-state index contributed by atoms with van der Waals surface area (Å²) in [5.74, 6) is 4.97. The van der Waals surface area contributed by atoms with Gasteiger partial charge in [-0.2, -0.15) is 0 Å². The zero-order valence-electron chi connectivity index (χ0n) is 21.7. The molecule has 0 N–H and O–H groups in total. The molecule has 0 amide bonds. The molecule has 0 aromatic carbocycles. The SMILES string of the molecule is C[C@@H]([C@H]1CC[C@H]2[C@@H]3CC[C@H]4C[C@@H]([N+](C)(C)C)CC[C@]4(C)[C@H]3CC[C@]12C)[N+](C)(C)C.[I-]. The average molecular weight is 532 g/mol. The number of rotatable bonds is 3. The zero-order chi connectivity index (χ0) is 21.4. The van der Waals surface area contributed by atoms with Crippen molar-refractivity contribution in [2.24, 2.45) is 40.4 Å². The standard InChI is InChI=1S/C27H52N2.HI/c1-19(28(4,5)6)23-12-13-24-22-11-10-20-18-21(29(7,8)9)14-16-26(20,2)25(22)15-17-27(23,24)3;/h19-25H,10-18H2,1-9H3;1H/q+2;/p-1/t19-,20-,21-,22-,23+,24-,25-,26-,27+;/m0./s1. The largest absolute Gasteiger partial charge is 1.00 e. The number of fused-ring (bicyclic) bond motifs is 5. The molecular formula is C27H52IN2+. The Kier molecular flexibility index (Phi) is 6.87. The summed E-state index contributed by atoms with van der Waals surface area (Å²) in [4.78, 5) is 0. The molecule has 0 aliphatic heterocycles. The van der Waals surface area contributed by atoms with Crippen molar-refractivity contribution in [3.8, 4) is 0 Å². The second-order valence-electron chi connectivity index (χ2n) is 14.3. The highest BCUT2D eigenvalue weighted by molar-refractivity contribution is 5.10. The Morgan fingerprint density at radius 2 is 1.33 bits per heavy atom. The molecule has 0 radical (unpaired) electrons. The predicted molar refractivity (Wildman–Crippen MR) is 125 cm³/mol. The molecular weight excluding hydrogens is 479 g/mol. The predicted octanol–water partition coefficient (Wildman–Crippen LogP) is 2.82. The first-order valence-electron chi connectivity index (χ1n) is 12.9. The Morgan fingerprint density at radius 1 is 0.733 bits per heavy atom. The maximum atomic E-state index is 2.74. The van der Waals surface area contributed by atoms with Crippen LogP contribution < -0.4 is 24.0 Å². The highest BCUT2D eigenvalue weighted by Crippen LogP contribution is 2.68. The van der Waals surface area contributed by atoms with Gasteiger partial charge in [-0.1, -0.05) is 13.8 Å². The second-order valence-corrected chi connectivity index (χ2v) is 14.3. The zero-order valence-corrected chi connectivity index (χ0v) is 23.8. The van der Waals surface area contributed by atoms with Crippen LogP contribution >= 0.6 is 0 Å². The normalized spacial score (nSPS) is 47.5. The van der Waals surface area contributed by atoms with Gasteiger partial charge in [0.25, 0.3) is 0 Å². The van der Waals surface area contributed by atoms with Crippen LogP contribution in [0.15, 0.2) is 0 Å². The van der Waals surface area contributed by atoms with Crippen molar-refractivity contribution in [2.75, 3.05) is 42.3 Å². The lowest BCUT2D eigenvalue weighted by Crippen LogP contribution is -3.00. The molecule has 9 atom stereocenters. The topological polar surface area (TPSA) is 0 Å². The highest BCUT2D eigenvalue weighted by Gasteiger charge is 2.62. The Labute approximate surface area is 205 Å². The van der Waals surface area contributed by atoms with E-state index >= 15 is 0 Å². The van der Waals surface area contributed by atoms with E-state index in [9.17, 15) is 0 Å². The third-order valence-electron chi connectivity index (χ3n) is 11.6. The van der Waals surface area contributed by atoms with Crippen LogP contribution in [0.2, 0.25) is 0 Å². The minimum absolute atomic E-state index is 0. The van der Waals surface area contributed by atoms with Crippen molar-refractivity contribution in [1.82, 2.24) is 0 Å². The van der Waals surface area contributed by atoms with E-state index in [2.05, 4.69) is 63.1 Å². The fraction of sp³-hybridized carbons (Fsp3) is 1.00. The molecule has 0 heterocycles. The van der Waals surface area contributed by atoms with Crippen LogP contribution in [0.1, 0.15) is 78.6 Å². The molecule has 0 bridgehead atoms. The highest BCUT2D eigenvalue weighted by atomic mass is 127. The van der Waals surface area contributed by atoms with Gasteiger partial charge in [0.1, 0.15) is 0 Å². The Morgan fingerprint density at radius 3 is 1.93 bits per heavy atom. The van der Waals surface area contributed by atoms with Crippen LogP contribution in [0.4, 0.5) is 0 Å². The van der Waals surface area contributed by atoms with Crippen molar-refractivity contribution >= 4 is 0 Å². The van der Waals surface area contributed by atoms with Crippen LogP contribution in [0.5, 0.6) is 0 Å². The van der Waals surface area contributed by atoms with Crippen LogP contribution in [0.3, 0.4) is 0 Å². The number of quaternary nitrogens is 2. The lowest BCUT2D eigenvalue weighted by Gasteiger charge is -2.62. The fourth-order valence-corrected chi connectivity index (χ4v) is 9.31. The summed E-state index contributed by atoms with van der Waals surface area (Å²) in [7, 11) is 14.6. The summed E-state index contributed by atoms with van der Waals surface area (Å²) >= 11 is 0. The molecule has 0 aromatic heterocycles. The first-order chi connectivity index (χ1) is 13.3. The monoisotopic (exact) mass is 531 g/mol. The third kappa shape index (κ3) is 3.93. The number of nitrogens with zero attached hydrogens (tertiary/aromatic N) is 2. The first kappa shape index (κ1) is 25.3. The summed E-state index contributed by atoms with van der Waals surface area (Å²) in [5.41, 5.74) is 1.24. The molecule has 0 aromatic rings. The van der Waals surface area contributed by atoms with E-state index in [0.29, 0.717) is 10.8 Å². The maximum Gasteiger partial charge on any atom is 0.0889 e. The maximum absolute atomic E-state index is 2.74. The molecule has 4 aliphatic rings. The summed E-state index contributed by atoms with van der Waals surface area (Å²) in [6, 6.07) is 1.67. The second kappa shape index (κ2) is 8.15. The number of hydrogen-bond acceptors (Lipinski definition) is 0. The molecule has 4 fully saturated rings. The van der Waals surface area contributed by atoms with Crippen LogP contribution in [0.25, 0.3) is 0 Å². The Hall–Kier alpha value is 0.650. The van der Waals surface area contributed by atoms with Gasteiger partial charge in [-0.25, -0.2) is 0 Å². The molecule has 0 saturated heterocycles. The van der Waals surface area contributed by atoms with Gasteiger partial charge in [-0.05, 0) is 92.8 Å². The van der Waals surface area contributed by atoms with E-state index in [0.717, 1.165) is 46.2 Å². The molecule has 30 heavy (non-hydrogen) atoms. The van der Waals surface area contributed by atoms with Crippen molar-refractivity contribution in [2.45, 2.75) is 90.6 Å². The van der Waals surface area contributed by atoms with Gasteiger partial charge < -0.3 is 32.9 Å². The molecule has 4 rings (SSSR count). The minimum Gasteiger partial charge on any atom is -1.00 e. The molecule has 3 heteroatoms. The first-order valence-corrected chi connectivity index (χ1v) is 12.9. The van der Waals surface area contributed by atoms with E-state index < -0.39 is 0 Å². The molecule has 4 aliphatic carbocycles. The van der Waals surface area contributed by atoms with Crippen molar-refractivity contribution in [3.63, 3.8) is 0 Å².